The molecule has 2 N–H and O–H groups in total. The van der Waals surface area contributed by atoms with Crippen molar-refractivity contribution in [1.29, 1.82) is 5.26 Å². The highest BCUT2D eigenvalue weighted by atomic mass is 16.6. The number of rotatable bonds is 3. The summed E-state index contributed by atoms with van der Waals surface area (Å²) in [7, 11) is 0. The van der Waals surface area contributed by atoms with Crippen molar-refractivity contribution in [1.82, 2.24) is 0 Å². The summed E-state index contributed by atoms with van der Waals surface area (Å²) in [5.41, 5.74) is 6.40. The van der Waals surface area contributed by atoms with E-state index in [0.717, 1.165) is 5.56 Å². The van der Waals surface area contributed by atoms with Crippen LogP contribution in [0.3, 0.4) is 0 Å². The van der Waals surface area contributed by atoms with Gasteiger partial charge in [0.15, 0.2) is 0 Å². The van der Waals surface area contributed by atoms with Crippen LogP contribution in [-0.2, 0) is 0 Å². The van der Waals surface area contributed by atoms with Crippen LogP contribution in [0.4, 0.5) is 5.69 Å². The number of nitro groups is 1. The lowest BCUT2D eigenvalue weighted by Gasteiger charge is -2.06. The summed E-state index contributed by atoms with van der Waals surface area (Å²) < 4.78 is 0. The lowest BCUT2D eigenvalue weighted by Crippen LogP contribution is -2.08. The van der Waals surface area contributed by atoms with Crippen molar-refractivity contribution in [3.05, 3.63) is 39.9 Å². The van der Waals surface area contributed by atoms with Gasteiger partial charge in [-0.2, -0.15) is 5.26 Å². The maximum atomic E-state index is 10.3. The largest absolute Gasteiger partial charge is 0.323 e. The Labute approximate surface area is 80.9 Å². The van der Waals surface area contributed by atoms with Crippen molar-refractivity contribution < 1.29 is 4.92 Å². The number of nitrogens with zero attached hydrogens (tertiary/aromatic N) is 2. The molecule has 1 unspecified atom stereocenters. The Bertz CT molecular complexity index is 367. The van der Waals surface area contributed by atoms with Gasteiger partial charge >= 0.3 is 0 Å². The van der Waals surface area contributed by atoms with Gasteiger partial charge in [0.1, 0.15) is 0 Å². The molecule has 5 nitrogen and oxygen atoms in total. The second kappa shape index (κ2) is 4.35. The smallest absolute Gasteiger partial charge is 0.269 e. The molecule has 0 fully saturated rings. The molecule has 0 heterocycles. The topological polar surface area (TPSA) is 93.0 Å². The van der Waals surface area contributed by atoms with Crippen molar-refractivity contribution in [2.24, 2.45) is 5.73 Å². The van der Waals surface area contributed by atoms with Gasteiger partial charge in [0.25, 0.3) is 5.69 Å². The monoisotopic (exact) mass is 191 g/mol. The molecule has 72 valence electrons. The van der Waals surface area contributed by atoms with E-state index in [1.807, 2.05) is 6.07 Å². The number of nitriles is 1. The minimum Gasteiger partial charge on any atom is -0.323 e. The number of benzene rings is 1. The molecule has 0 bridgehead atoms. The van der Waals surface area contributed by atoms with E-state index in [2.05, 4.69) is 0 Å². The number of nitro benzene ring substituents is 1. The van der Waals surface area contributed by atoms with Crippen LogP contribution in [0.1, 0.15) is 18.0 Å². The van der Waals surface area contributed by atoms with Gasteiger partial charge in [-0.3, -0.25) is 10.1 Å². The minimum atomic E-state index is -0.473. The van der Waals surface area contributed by atoms with Crippen LogP contribution in [0.25, 0.3) is 0 Å². The molecule has 0 aliphatic heterocycles. The van der Waals surface area contributed by atoms with Crippen LogP contribution >= 0.6 is 0 Å². The molecule has 0 aliphatic carbocycles. The van der Waals surface area contributed by atoms with Crippen LogP contribution in [0.5, 0.6) is 0 Å². The summed E-state index contributed by atoms with van der Waals surface area (Å²) in [4.78, 5) is 9.86. The summed E-state index contributed by atoms with van der Waals surface area (Å²) in [5, 5.41) is 18.7. The molecule has 0 saturated carbocycles. The van der Waals surface area contributed by atoms with Gasteiger partial charge in [-0.1, -0.05) is 12.1 Å². The van der Waals surface area contributed by atoms with E-state index in [-0.39, 0.29) is 18.2 Å². The van der Waals surface area contributed by atoms with Crippen LogP contribution in [0, 0.1) is 21.4 Å². The predicted octanol–water partition coefficient (Wildman–Crippen LogP) is 1.51. The second-order valence-corrected chi connectivity index (χ2v) is 2.82. The second-order valence-electron chi connectivity index (χ2n) is 2.82. The summed E-state index contributed by atoms with van der Waals surface area (Å²) in [6.07, 6.45) is 0.206. The SMILES string of the molecule is N#CCC(N)c1ccc([N+](=O)[O-])cc1. The molecular weight excluding hydrogens is 182 g/mol. The van der Waals surface area contributed by atoms with Crippen LogP contribution in [0.15, 0.2) is 24.3 Å². The average molecular weight is 191 g/mol. The summed E-state index contributed by atoms with van der Waals surface area (Å²) >= 11 is 0. The zero-order valence-electron chi connectivity index (χ0n) is 7.38. The number of hydrogen-bond donors (Lipinski definition) is 1. The summed E-state index contributed by atoms with van der Waals surface area (Å²) in [6, 6.07) is 7.47. The average Bonchev–Trinajstić information content (AvgIpc) is 2.18. The maximum absolute atomic E-state index is 10.3. The Hall–Kier alpha value is -1.93. The van der Waals surface area contributed by atoms with Crippen LogP contribution in [-0.4, -0.2) is 4.92 Å². The number of non-ortho nitro benzene ring substituents is 1. The predicted molar refractivity (Wildman–Crippen MR) is 50.3 cm³/mol. The van der Waals surface area contributed by atoms with Gasteiger partial charge in [0.2, 0.25) is 0 Å². The third-order valence-corrected chi connectivity index (χ3v) is 1.84. The van der Waals surface area contributed by atoms with Gasteiger partial charge in [-0.25, -0.2) is 0 Å². The van der Waals surface area contributed by atoms with E-state index >= 15 is 0 Å². The molecule has 1 aromatic carbocycles. The molecule has 0 aliphatic rings. The fraction of sp³-hybridized carbons (Fsp3) is 0.222. The highest BCUT2D eigenvalue weighted by molar-refractivity contribution is 5.34. The van der Waals surface area contributed by atoms with E-state index < -0.39 is 4.92 Å². The quantitative estimate of drug-likeness (QED) is 0.578. The Morgan fingerprint density at radius 3 is 2.50 bits per heavy atom. The Balaban J connectivity index is 2.84. The van der Waals surface area contributed by atoms with E-state index in [0.29, 0.717) is 0 Å². The van der Waals surface area contributed by atoms with E-state index in [1.165, 1.54) is 12.1 Å². The van der Waals surface area contributed by atoms with Crippen molar-refractivity contribution in [3.8, 4) is 6.07 Å². The molecule has 1 rings (SSSR count). The van der Waals surface area contributed by atoms with E-state index in [4.69, 9.17) is 11.0 Å². The fourth-order valence-corrected chi connectivity index (χ4v) is 1.06. The zero-order valence-corrected chi connectivity index (χ0v) is 7.38. The molecule has 0 radical (unpaired) electrons. The summed E-state index contributed by atoms with van der Waals surface area (Å²) in [6.45, 7) is 0. The van der Waals surface area contributed by atoms with Crippen LogP contribution in [0.2, 0.25) is 0 Å². The first-order valence-electron chi connectivity index (χ1n) is 4.02. The highest BCUT2D eigenvalue weighted by Crippen LogP contribution is 2.17. The van der Waals surface area contributed by atoms with Gasteiger partial charge in [0, 0.05) is 18.2 Å². The van der Waals surface area contributed by atoms with Gasteiger partial charge in [-0.05, 0) is 5.56 Å². The molecule has 1 aromatic rings. The third-order valence-electron chi connectivity index (χ3n) is 1.84. The third kappa shape index (κ3) is 2.28. The van der Waals surface area contributed by atoms with Crippen molar-refractivity contribution in [3.63, 3.8) is 0 Å². The minimum absolute atomic E-state index is 0.0258. The lowest BCUT2D eigenvalue weighted by molar-refractivity contribution is -0.384. The molecule has 0 aromatic heterocycles. The molecule has 14 heavy (non-hydrogen) atoms. The Morgan fingerprint density at radius 2 is 2.07 bits per heavy atom. The molecular formula is C9H9N3O2. The molecule has 0 amide bonds. The number of hydrogen-bond acceptors (Lipinski definition) is 4. The van der Waals surface area contributed by atoms with Gasteiger partial charge in [-0.15, -0.1) is 0 Å². The summed E-state index contributed by atoms with van der Waals surface area (Å²) in [5.74, 6) is 0. The number of nitrogens with two attached hydrogens (primary N) is 1. The molecule has 1 atom stereocenters. The molecule has 0 spiro atoms. The molecule has 0 saturated heterocycles. The first kappa shape index (κ1) is 10.2. The van der Waals surface area contributed by atoms with E-state index in [9.17, 15) is 10.1 Å². The highest BCUT2D eigenvalue weighted by Gasteiger charge is 2.08. The first-order valence-corrected chi connectivity index (χ1v) is 4.02. The zero-order chi connectivity index (χ0) is 10.6. The maximum Gasteiger partial charge on any atom is 0.269 e. The van der Waals surface area contributed by atoms with Gasteiger partial charge < -0.3 is 5.73 Å². The van der Waals surface area contributed by atoms with E-state index in [1.54, 1.807) is 12.1 Å². The van der Waals surface area contributed by atoms with Crippen molar-refractivity contribution in [2.75, 3.05) is 0 Å². The van der Waals surface area contributed by atoms with Crippen molar-refractivity contribution >= 4 is 5.69 Å². The first-order chi connectivity index (χ1) is 6.65. The standard InChI is InChI=1S/C9H9N3O2/c10-6-5-9(11)7-1-3-8(4-2-7)12(13)14/h1-4,9H,5,11H2. The fourth-order valence-electron chi connectivity index (χ4n) is 1.06. The van der Waals surface area contributed by atoms with Crippen molar-refractivity contribution in [2.45, 2.75) is 12.5 Å². The lowest BCUT2D eigenvalue weighted by atomic mass is 10.1. The Morgan fingerprint density at radius 1 is 1.50 bits per heavy atom. The van der Waals surface area contributed by atoms with Gasteiger partial charge in [0.05, 0.1) is 17.4 Å². The Kier molecular flexibility index (Phi) is 3.15. The van der Waals surface area contributed by atoms with Crippen LogP contribution < -0.4 is 5.73 Å². The normalized spacial score (nSPS) is 11.7. The molecule has 5 heteroatoms.